The lowest BCUT2D eigenvalue weighted by atomic mass is 10.1. The maximum Gasteiger partial charge on any atom is 0.178 e. The minimum absolute atomic E-state index is 0.00595. The van der Waals surface area contributed by atoms with E-state index in [1.54, 1.807) is 6.07 Å². The predicted octanol–water partition coefficient (Wildman–Crippen LogP) is 0.945. The molecule has 1 N–H and O–H groups in total. The second-order valence-corrected chi connectivity index (χ2v) is 3.59. The summed E-state index contributed by atoms with van der Waals surface area (Å²) in [5.41, 5.74) is 1.39. The first kappa shape index (κ1) is 10.3. The van der Waals surface area contributed by atoms with Gasteiger partial charge < -0.3 is 10.1 Å². The van der Waals surface area contributed by atoms with Crippen molar-refractivity contribution in [3.8, 4) is 0 Å². The number of carbonyl (C=O) groups is 1. The van der Waals surface area contributed by atoms with Crippen LogP contribution in [0.25, 0.3) is 0 Å². The molecule has 4 heteroatoms. The van der Waals surface area contributed by atoms with E-state index in [2.05, 4.69) is 10.3 Å². The Hall–Kier alpha value is -1.26. The Morgan fingerprint density at radius 2 is 2.47 bits per heavy atom. The van der Waals surface area contributed by atoms with Crippen molar-refractivity contribution in [1.82, 2.24) is 10.3 Å². The monoisotopic (exact) mass is 206 g/mol. The van der Waals surface area contributed by atoms with Gasteiger partial charge in [-0.25, -0.2) is 4.98 Å². The lowest BCUT2D eigenvalue weighted by Crippen LogP contribution is -2.35. The number of morpholine rings is 1. The number of pyridine rings is 1. The van der Waals surface area contributed by atoms with Crippen molar-refractivity contribution in [1.29, 1.82) is 0 Å². The van der Waals surface area contributed by atoms with Gasteiger partial charge in [-0.2, -0.15) is 0 Å². The summed E-state index contributed by atoms with van der Waals surface area (Å²) in [6, 6.07) is 5.61. The van der Waals surface area contributed by atoms with Gasteiger partial charge in [0.1, 0.15) is 5.69 Å². The molecule has 80 valence electrons. The molecule has 0 aliphatic carbocycles. The van der Waals surface area contributed by atoms with E-state index in [0.717, 1.165) is 18.8 Å². The number of hydrogen-bond acceptors (Lipinski definition) is 4. The van der Waals surface area contributed by atoms with Gasteiger partial charge in [-0.3, -0.25) is 4.79 Å². The van der Waals surface area contributed by atoms with E-state index in [4.69, 9.17) is 4.74 Å². The van der Waals surface area contributed by atoms with E-state index in [0.29, 0.717) is 12.3 Å². The largest absolute Gasteiger partial charge is 0.378 e. The molecule has 2 rings (SSSR count). The molecule has 1 atom stereocenters. The fourth-order valence-electron chi connectivity index (χ4n) is 1.60. The van der Waals surface area contributed by atoms with Crippen molar-refractivity contribution in [2.24, 2.45) is 0 Å². The molecule has 1 aromatic rings. The average Bonchev–Trinajstić information content (AvgIpc) is 2.30. The highest BCUT2D eigenvalue weighted by Gasteiger charge is 2.16. The molecule has 0 saturated carbocycles. The Labute approximate surface area is 88.7 Å². The van der Waals surface area contributed by atoms with Gasteiger partial charge >= 0.3 is 0 Å². The van der Waals surface area contributed by atoms with Gasteiger partial charge in [0.25, 0.3) is 0 Å². The molecule has 1 saturated heterocycles. The molecule has 0 amide bonds. The summed E-state index contributed by atoms with van der Waals surface area (Å²) in [6.45, 7) is 3.71. The van der Waals surface area contributed by atoms with Crippen LogP contribution in [0.4, 0.5) is 0 Å². The van der Waals surface area contributed by atoms with Crippen LogP contribution in [-0.4, -0.2) is 30.5 Å². The lowest BCUT2D eigenvalue weighted by Gasteiger charge is -2.23. The van der Waals surface area contributed by atoms with Crippen LogP contribution in [-0.2, 0) is 4.74 Å². The molecule has 1 aliphatic rings. The minimum atomic E-state index is -0.00595. The second-order valence-electron chi connectivity index (χ2n) is 3.59. The van der Waals surface area contributed by atoms with Gasteiger partial charge in [-0.15, -0.1) is 0 Å². The maximum absolute atomic E-state index is 11.2. The summed E-state index contributed by atoms with van der Waals surface area (Å²) in [5, 5.41) is 3.30. The van der Waals surface area contributed by atoms with Crippen molar-refractivity contribution in [3.63, 3.8) is 0 Å². The molecular formula is C11H14N2O2. The van der Waals surface area contributed by atoms with Crippen LogP contribution >= 0.6 is 0 Å². The molecular weight excluding hydrogens is 192 g/mol. The van der Waals surface area contributed by atoms with Crippen molar-refractivity contribution in [2.45, 2.75) is 13.0 Å². The van der Waals surface area contributed by atoms with Crippen LogP contribution < -0.4 is 5.32 Å². The zero-order valence-electron chi connectivity index (χ0n) is 8.69. The third-order valence-corrected chi connectivity index (χ3v) is 2.41. The molecule has 0 unspecified atom stereocenters. The van der Waals surface area contributed by atoms with E-state index < -0.39 is 0 Å². The summed E-state index contributed by atoms with van der Waals surface area (Å²) < 4.78 is 5.35. The topological polar surface area (TPSA) is 51.2 Å². The third kappa shape index (κ3) is 2.40. The number of nitrogens with zero attached hydrogens (tertiary/aromatic N) is 1. The van der Waals surface area contributed by atoms with Crippen LogP contribution in [0.15, 0.2) is 18.2 Å². The quantitative estimate of drug-likeness (QED) is 0.732. The molecule has 0 aromatic carbocycles. The summed E-state index contributed by atoms with van der Waals surface area (Å²) in [6.07, 6.45) is 0. The van der Waals surface area contributed by atoms with E-state index in [-0.39, 0.29) is 11.8 Å². The number of ether oxygens (including phenoxy) is 1. The first-order valence-corrected chi connectivity index (χ1v) is 5.06. The van der Waals surface area contributed by atoms with Crippen LogP contribution in [0.5, 0.6) is 0 Å². The SMILES string of the molecule is CC(=O)c1cccc([C@H]2COCCN2)n1. The van der Waals surface area contributed by atoms with E-state index in [9.17, 15) is 4.79 Å². The van der Waals surface area contributed by atoms with Crippen LogP contribution in [0.2, 0.25) is 0 Å². The Morgan fingerprint density at radius 1 is 1.60 bits per heavy atom. The molecule has 0 spiro atoms. The van der Waals surface area contributed by atoms with Gasteiger partial charge in [0.05, 0.1) is 24.9 Å². The number of Topliss-reactive ketones (excluding diaryl/α,β-unsaturated/α-hetero) is 1. The zero-order valence-corrected chi connectivity index (χ0v) is 8.69. The number of rotatable bonds is 2. The normalized spacial score (nSPS) is 21.3. The molecule has 4 nitrogen and oxygen atoms in total. The van der Waals surface area contributed by atoms with Crippen LogP contribution in [0.3, 0.4) is 0 Å². The summed E-state index contributed by atoms with van der Waals surface area (Å²) in [4.78, 5) is 15.5. The lowest BCUT2D eigenvalue weighted by molar-refractivity contribution is 0.0754. The smallest absolute Gasteiger partial charge is 0.178 e. The number of ketones is 1. The van der Waals surface area contributed by atoms with Crippen molar-refractivity contribution in [3.05, 3.63) is 29.6 Å². The molecule has 0 bridgehead atoms. The highest BCUT2D eigenvalue weighted by molar-refractivity contribution is 5.92. The maximum atomic E-state index is 11.2. The second kappa shape index (κ2) is 4.51. The summed E-state index contributed by atoms with van der Waals surface area (Å²) >= 11 is 0. The number of hydrogen-bond donors (Lipinski definition) is 1. The molecule has 15 heavy (non-hydrogen) atoms. The third-order valence-electron chi connectivity index (χ3n) is 2.41. The van der Waals surface area contributed by atoms with Gasteiger partial charge in [0.2, 0.25) is 0 Å². The average molecular weight is 206 g/mol. The number of aromatic nitrogens is 1. The van der Waals surface area contributed by atoms with Crippen LogP contribution in [0.1, 0.15) is 29.1 Å². The fraction of sp³-hybridized carbons (Fsp3) is 0.455. The highest BCUT2D eigenvalue weighted by atomic mass is 16.5. The summed E-state index contributed by atoms with van der Waals surface area (Å²) in [5.74, 6) is -0.00595. The van der Waals surface area contributed by atoms with Gasteiger partial charge in [0.15, 0.2) is 5.78 Å². The van der Waals surface area contributed by atoms with Crippen molar-refractivity contribution in [2.75, 3.05) is 19.8 Å². The first-order valence-electron chi connectivity index (χ1n) is 5.06. The Bertz CT molecular complexity index is 359. The van der Waals surface area contributed by atoms with E-state index in [1.165, 1.54) is 6.92 Å². The van der Waals surface area contributed by atoms with E-state index >= 15 is 0 Å². The number of carbonyl (C=O) groups excluding carboxylic acids is 1. The molecule has 0 radical (unpaired) electrons. The van der Waals surface area contributed by atoms with E-state index in [1.807, 2.05) is 12.1 Å². The van der Waals surface area contributed by atoms with Gasteiger partial charge in [0, 0.05) is 13.5 Å². The summed E-state index contributed by atoms with van der Waals surface area (Å²) in [7, 11) is 0. The molecule has 1 aliphatic heterocycles. The van der Waals surface area contributed by atoms with Crippen molar-refractivity contribution < 1.29 is 9.53 Å². The highest BCUT2D eigenvalue weighted by Crippen LogP contribution is 2.13. The molecule has 1 aromatic heterocycles. The fourth-order valence-corrected chi connectivity index (χ4v) is 1.60. The van der Waals surface area contributed by atoms with Gasteiger partial charge in [-0.1, -0.05) is 6.07 Å². The molecule has 2 heterocycles. The van der Waals surface area contributed by atoms with Crippen LogP contribution in [0, 0.1) is 0 Å². The Morgan fingerprint density at radius 3 is 3.13 bits per heavy atom. The number of nitrogens with one attached hydrogen (secondary N) is 1. The Kier molecular flexibility index (Phi) is 3.08. The van der Waals surface area contributed by atoms with Gasteiger partial charge in [-0.05, 0) is 12.1 Å². The zero-order chi connectivity index (χ0) is 10.7. The first-order chi connectivity index (χ1) is 7.27. The molecule has 1 fully saturated rings. The Balaban J connectivity index is 2.19. The predicted molar refractivity (Wildman–Crippen MR) is 55.8 cm³/mol. The standard InChI is InChI=1S/C11H14N2O2/c1-8(14)9-3-2-4-10(13-9)11-7-15-6-5-12-11/h2-4,11-12H,5-7H2,1H3/t11-/m1/s1. The minimum Gasteiger partial charge on any atom is -0.378 e. The van der Waals surface area contributed by atoms with Crippen molar-refractivity contribution >= 4 is 5.78 Å².